The van der Waals surface area contributed by atoms with E-state index in [1.54, 1.807) is 6.92 Å². The molecule has 3 aliphatic rings. The van der Waals surface area contributed by atoms with E-state index in [1.807, 2.05) is 40.9 Å². The highest BCUT2D eigenvalue weighted by atomic mass is 32.2. The minimum Gasteiger partial charge on any atom is -0.489 e. The van der Waals surface area contributed by atoms with Crippen LogP contribution in [0.5, 0.6) is 0 Å². The van der Waals surface area contributed by atoms with Crippen molar-refractivity contribution >= 4 is 29.2 Å². The summed E-state index contributed by atoms with van der Waals surface area (Å²) in [5, 5.41) is 0. The Morgan fingerprint density at radius 2 is 1.68 bits per heavy atom. The van der Waals surface area contributed by atoms with Gasteiger partial charge in [0, 0.05) is 47.6 Å². The lowest BCUT2D eigenvalue weighted by Crippen LogP contribution is -2.44. The van der Waals surface area contributed by atoms with Crippen molar-refractivity contribution in [1.82, 2.24) is 4.90 Å². The van der Waals surface area contributed by atoms with E-state index in [0.29, 0.717) is 24.0 Å². The second-order valence-electron chi connectivity index (χ2n) is 8.09. The summed E-state index contributed by atoms with van der Waals surface area (Å²) in [5.41, 5.74) is 2.85. The first-order chi connectivity index (χ1) is 15.0. The zero-order chi connectivity index (χ0) is 22.1. The van der Waals surface area contributed by atoms with Gasteiger partial charge < -0.3 is 14.4 Å². The lowest BCUT2D eigenvalue weighted by molar-refractivity contribution is -0.135. The van der Waals surface area contributed by atoms with E-state index in [2.05, 4.69) is 0 Å². The summed E-state index contributed by atoms with van der Waals surface area (Å²) in [6, 6.07) is 7.91. The van der Waals surface area contributed by atoms with Crippen LogP contribution >= 0.6 is 11.8 Å². The van der Waals surface area contributed by atoms with Crippen molar-refractivity contribution in [3.63, 3.8) is 0 Å². The fourth-order valence-electron chi connectivity index (χ4n) is 4.91. The van der Waals surface area contributed by atoms with Crippen molar-refractivity contribution < 1.29 is 23.9 Å². The molecule has 0 spiro atoms. The van der Waals surface area contributed by atoms with Crippen molar-refractivity contribution in [3.05, 3.63) is 58.1 Å². The molecular weight excluding hydrogens is 414 g/mol. The summed E-state index contributed by atoms with van der Waals surface area (Å²) in [6.07, 6.45) is 1.16. The number of Topliss-reactive ketones (excluding diaryl/α,β-unsaturated/α-hetero) is 2. The molecule has 0 radical (unpaired) electrons. The number of hydrogen-bond acceptors (Lipinski definition) is 6. The van der Waals surface area contributed by atoms with Crippen molar-refractivity contribution in [3.8, 4) is 0 Å². The summed E-state index contributed by atoms with van der Waals surface area (Å²) >= 11 is 1.87. The number of amides is 1. The van der Waals surface area contributed by atoms with Crippen LogP contribution in [0, 0.1) is 5.92 Å². The van der Waals surface area contributed by atoms with Crippen molar-refractivity contribution in [1.29, 1.82) is 0 Å². The molecule has 1 aromatic rings. The van der Waals surface area contributed by atoms with Crippen LogP contribution in [-0.4, -0.2) is 61.2 Å². The third-order valence-electron chi connectivity index (χ3n) is 6.45. The minimum atomic E-state index is -0.340. The van der Waals surface area contributed by atoms with E-state index in [9.17, 15) is 14.4 Å². The molecule has 1 saturated heterocycles. The van der Waals surface area contributed by atoms with Gasteiger partial charge in [0.2, 0.25) is 29.0 Å². The van der Waals surface area contributed by atoms with Gasteiger partial charge in [0.15, 0.2) is 0 Å². The molecule has 1 aromatic carbocycles. The van der Waals surface area contributed by atoms with Gasteiger partial charge in [-0.05, 0) is 30.9 Å². The summed E-state index contributed by atoms with van der Waals surface area (Å²) in [7, 11) is 2.73. The number of allylic oxidation sites excluding steroid dienone is 2. The third kappa shape index (κ3) is 3.80. The average Bonchev–Trinajstić information content (AvgIpc) is 2.81. The number of ketones is 2. The largest absolute Gasteiger partial charge is 0.489 e. The van der Waals surface area contributed by atoms with Crippen LogP contribution in [0.4, 0.5) is 0 Å². The predicted molar refractivity (Wildman–Crippen MR) is 119 cm³/mol. The zero-order valence-electron chi connectivity index (χ0n) is 18.1. The minimum absolute atomic E-state index is 0.0590. The fourth-order valence-corrected chi connectivity index (χ4v) is 5.81. The van der Waals surface area contributed by atoms with Gasteiger partial charge >= 0.3 is 0 Å². The maximum Gasteiger partial charge on any atom is 0.228 e. The van der Waals surface area contributed by atoms with Gasteiger partial charge in [-0.15, -0.1) is 0 Å². The highest BCUT2D eigenvalue weighted by Crippen LogP contribution is 2.44. The van der Waals surface area contributed by atoms with Gasteiger partial charge in [-0.1, -0.05) is 24.3 Å². The maximum atomic E-state index is 13.4. The Morgan fingerprint density at radius 3 is 2.35 bits per heavy atom. The predicted octanol–water partition coefficient (Wildman–Crippen LogP) is 2.88. The number of benzene rings is 1. The molecule has 2 atom stereocenters. The van der Waals surface area contributed by atoms with Gasteiger partial charge in [-0.25, -0.2) is 0 Å². The topological polar surface area (TPSA) is 72.9 Å². The van der Waals surface area contributed by atoms with Gasteiger partial charge in [0.05, 0.1) is 14.2 Å². The molecule has 0 bridgehead atoms. The quantitative estimate of drug-likeness (QED) is 0.669. The Labute approximate surface area is 186 Å². The van der Waals surface area contributed by atoms with Crippen molar-refractivity contribution in [2.75, 3.05) is 38.8 Å². The Bertz CT molecular complexity index is 989. The normalized spacial score (nSPS) is 24.3. The van der Waals surface area contributed by atoms with Crippen LogP contribution in [-0.2, 0) is 30.3 Å². The summed E-state index contributed by atoms with van der Waals surface area (Å²) < 4.78 is 10.5. The summed E-state index contributed by atoms with van der Waals surface area (Å²) in [6.45, 7) is 3.19. The van der Waals surface area contributed by atoms with E-state index >= 15 is 0 Å². The second-order valence-corrected chi connectivity index (χ2v) is 9.31. The Balaban J connectivity index is 1.74. The van der Waals surface area contributed by atoms with Gasteiger partial charge in [0.25, 0.3) is 0 Å². The van der Waals surface area contributed by atoms with Gasteiger partial charge in [-0.2, -0.15) is 11.8 Å². The highest BCUT2D eigenvalue weighted by Gasteiger charge is 2.42. The molecule has 4 rings (SSSR count). The van der Waals surface area contributed by atoms with E-state index in [4.69, 9.17) is 9.47 Å². The van der Waals surface area contributed by atoms with E-state index < -0.39 is 0 Å². The number of fused-ring (bicyclic) bond motifs is 1. The standard InChI is InChI=1S/C24H27NO5S/c1-14-19(21(27)23(30-3)22(29-2)20(14)26)18-13-16(12-15-6-4-5-7-17(15)18)24(28)25-8-10-31-11-9-25/h4-7,16,18H,8-13H2,1-3H3/t16-,18+/m0/s1. The molecule has 31 heavy (non-hydrogen) atoms. The SMILES string of the molecule is COC1=C(OC)C(=O)C([C@@H]2C[C@@H](C(=O)N3CCSCC3)Cc3ccccc32)=C(C)C1=O. The van der Waals surface area contributed by atoms with Crippen LogP contribution in [0.2, 0.25) is 0 Å². The molecule has 0 unspecified atom stereocenters. The molecule has 0 saturated carbocycles. The van der Waals surface area contributed by atoms with E-state index in [-0.39, 0.29) is 40.8 Å². The molecule has 164 valence electrons. The molecule has 1 aliphatic heterocycles. The third-order valence-corrected chi connectivity index (χ3v) is 7.40. The number of thioether (sulfide) groups is 1. The van der Waals surface area contributed by atoms with Crippen LogP contribution in [0.25, 0.3) is 0 Å². The highest BCUT2D eigenvalue weighted by molar-refractivity contribution is 7.99. The number of rotatable bonds is 4. The molecule has 6 nitrogen and oxygen atoms in total. The lowest BCUT2D eigenvalue weighted by atomic mass is 9.70. The smallest absolute Gasteiger partial charge is 0.228 e. The number of nitrogens with zero attached hydrogens (tertiary/aromatic N) is 1. The van der Waals surface area contributed by atoms with Crippen molar-refractivity contribution in [2.45, 2.75) is 25.7 Å². The summed E-state index contributed by atoms with van der Waals surface area (Å²) in [4.78, 5) is 41.6. The number of ether oxygens (including phenoxy) is 2. The first kappa shape index (κ1) is 21.7. The molecule has 1 heterocycles. The summed E-state index contributed by atoms with van der Waals surface area (Å²) in [5.74, 6) is 0.709. The monoisotopic (exact) mass is 441 g/mol. The zero-order valence-corrected chi connectivity index (χ0v) is 18.9. The Morgan fingerprint density at radius 1 is 1.03 bits per heavy atom. The first-order valence-electron chi connectivity index (χ1n) is 10.5. The maximum absolute atomic E-state index is 13.4. The lowest BCUT2D eigenvalue weighted by Gasteiger charge is -2.37. The Kier molecular flexibility index (Phi) is 6.23. The van der Waals surface area contributed by atoms with Gasteiger partial charge in [-0.3, -0.25) is 14.4 Å². The van der Waals surface area contributed by atoms with Gasteiger partial charge in [0.1, 0.15) is 0 Å². The second kappa shape index (κ2) is 8.91. The number of carbonyl (C=O) groups is 3. The number of carbonyl (C=O) groups excluding carboxylic acids is 3. The first-order valence-corrected chi connectivity index (χ1v) is 11.7. The number of hydrogen-bond donors (Lipinski definition) is 0. The van der Waals surface area contributed by atoms with E-state index in [1.165, 1.54) is 14.2 Å². The van der Waals surface area contributed by atoms with Crippen LogP contribution in [0.3, 0.4) is 0 Å². The molecule has 2 aliphatic carbocycles. The molecule has 1 fully saturated rings. The van der Waals surface area contributed by atoms with E-state index in [0.717, 1.165) is 35.7 Å². The molecule has 7 heteroatoms. The Hall–Kier alpha value is -2.54. The number of methoxy groups -OCH3 is 2. The molecule has 0 N–H and O–H groups in total. The van der Waals surface area contributed by atoms with Crippen molar-refractivity contribution in [2.24, 2.45) is 5.92 Å². The molecule has 0 aromatic heterocycles. The van der Waals surface area contributed by atoms with Crippen LogP contribution < -0.4 is 0 Å². The molecular formula is C24H27NO5S. The average molecular weight is 442 g/mol. The van der Waals surface area contributed by atoms with Crippen LogP contribution in [0.1, 0.15) is 30.4 Å². The fraction of sp³-hybridized carbons (Fsp3) is 0.458. The van der Waals surface area contributed by atoms with Crippen LogP contribution in [0.15, 0.2) is 46.9 Å². The molecule has 1 amide bonds.